The second-order valence-electron chi connectivity index (χ2n) is 6.01. The SMILES string of the molecule is Cc1ccc(CC2SC(=Nc3nccs3)N(c3ccccc3)C2=O)cc1. The van der Waals surface area contributed by atoms with Crippen LogP contribution in [0, 0.1) is 6.92 Å². The van der Waals surface area contributed by atoms with Crippen LogP contribution in [0.2, 0.25) is 0 Å². The van der Waals surface area contributed by atoms with Crippen LogP contribution in [0.1, 0.15) is 11.1 Å². The summed E-state index contributed by atoms with van der Waals surface area (Å²) in [5.41, 5.74) is 3.22. The molecule has 6 heteroatoms. The van der Waals surface area contributed by atoms with Gasteiger partial charge in [-0.05, 0) is 31.0 Å². The molecule has 4 rings (SSSR count). The van der Waals surface area contributed by atoms with Crippen LogP contribution in [-0.4, -0.2) is 21.3 Å². The Bertz CT molecular complexity index is 921. The maximum absolute atomic E-state index is 13.1. The molecule has 0 saturated carbocycles. The van der Waals surface area contributed by atoms with Gasteiger partial charge in [0.05, 0.1) is 10.9 Å². The molecule has 1 atom stereocenters. The largest absolute Gasteiger partial charge is 0.273 e. The molecule has 0 bridgehead atoms. The van der Waals surface area contributed by atoms with Crippen molar-refractivity contribution in [2.45, 2.75) is 18.6 Å². The number of rotatable bonds is 4. The molecule has 1 saturated heterocycles. The van der Waals surface area contributed by atoms with Crippen molar-refractivity contribution in [2.75, 3.05) is 4.90 Å². The van der Waals surface area contributed by atoms with Crippen LogP contribution >= 0.6 is 23.1 Å². The molecule has 130 valence electrons. The van der Waals surface area contributed by atoms with Gasteiger partial charge in [0, 0.05) is 11.6 Å². The first-order chi connectivity index (χ1) is 12.7. The zero-order valence-electron chi connectivity index (χ0n) is 14.2. The molecule has 1 aliphatic heterocycles. The van der Waals surface area contributed by atoms with Crippen LogP contribution in [0.15, 0.2) is 71.2 Å². The molecule has 1 unspecified atom stereocenters. The van der Waals surface area contributed by atoms with E-state index in [0.29, 0.717) is 16.7 Å². The maximum Gasteiger partial charge on any atom is 0.247 e. The summed E-state index contributed by atoms with van der Waals surface area (Å²) in [5.74, 6) is 0.0667. The Labute approximate surface area is 160 Å². The second kappa shape index (κ2) is 7.43. The number of anilines is 1. The fourth-order valence-electron chi connectivity index (χ4n) is 2.78. The number of carbonyl (C=O) groups is 1. The van der Waals surface area contributed by atoms with Crippen LogP contribution in [0.25, 0.3) is 0 Å². The number of carbonyl (C=O) groups excluding carboxylic acids is 1. The summed E-state index contributed by atoms with van der Waals surface area (Å²) < 4.78 is 0. The van der Waals surface area contributed by atoms with Gasteiger partial charge in [0.1, 0.15) is 0 Å². The zero-order valence-corrected chi connectivity index (χ0v) is 15.8. The summed E-state index contributed by atoms with van der Waals surface area (Å²) in [4.78, 5) is 23.7. The van der Waals surface area contributed by atoms with Gasteiger partial charge >= 0.3 is 0 Å². The molecule has 2 heterocycles. The summed E-state index contributed by atoms with van der Waals surface area (Å²) in [6.45, 7) is 2.06. The predicted octanol–water partition coefficient (Wildman–Crippen LogP) is 4.83. The average Bonchev–Trinajstić information content (AvgIpc) is 3.27. The molecule has 4 nitrogen and oxygen atoms in total. The highest BCUT2D eigenvalue weighted by atomic mass is 32.2. The molecule has 3 aromatic rings. The standard InChI is InChI=1S/C20H17N3OS2/c1-14-7-9-15(10-8-14)13-17-18(24)23(16-5-3-2-4-6-16)20(26-17)22-19-21-11-12-25-19/h2-12,17H,13H2,1H3. The van der Waals surface area contributed by atoms with E-state index in [4.69, 9.17) is 0 Å². The third-order valence-electron chi connectivity index (χ3n) is 4.10. The Kier molecular flexibility index (Phi) is 4.86. The number of hydrogen-bond acceptors (Lipinski definition) is 5. The van der Waals surface area contributed by atoms with E-state index in [1.807, 2.05) is 35.7 Å². The minimum Gasteiger partial charge on any atom is -0.273 e. The van der Waals surface area contributed by atoms with Crippen molar-refractivity contribution in [1.29, 1.82) is 0 Å². The Morgan fingerprint density at radius 1 is 1.12 bits per heavy atom. The Morgan fingerprint density at radius 3 is 2.58 bits per heavy atom. The molecule has 2 aromatic carbocycles. The van der Waals surface area contributed by atoms with Crippen molar-refractivity contribution in [1.82, 2.24) is 4.98 Å². The number of aryl methyl sites for hydroxylation is 1. The molecular formula is C20H17N3OS2. The number of amidine groups is 1. The van der Waals surface area contributed by atoms with E-state index < -0.39 is 0 Å². The van der Waals surface area contributed by atoms with Gasteiger partial charge in [0.15, 0.2) is 5.17 Å². The van der Waals surface area contributed by atoms with E-state index in [9.17, 15) is 4.79 Å². The van der Waals surface area contributed by atoms with Gasteiger partial charge in [0.25, 0.3) is 0 Å². The van der Waals surface area contributed by atoms with E-state index in [2.05, 4.69) is 41.2 Å². The average molecular weight is 380 g/mol. The van der Waals surface area contributed by atoms with Gasteiger partial charge < -0.3 is 0 Å². The lowest BCUT2D eigenvalue weighted by molar-refractivity contribution is -0.116. The topological polar surface area (TPSA) is 45.6 Å². The van der Waals surface area contributed by atoms with Gasteiger partial charge in [-0.25, -0.2) is 4.98 Å². The van der Waals surface area contributed by atoms with Crippen molar-refractivity contribution in [3.05, 3.63) is 77.3 Å². The quantitative estimate of drug-likeness (QED) is 0.652. The highest BCUT2D eigenvalue weighted by molar-refractivity contribution is 8.16. The predicted molar refractivity (Wildman–Crippen MR) is 109 cm³/mol. The van der Waals surface area contributed by atoms with Gasteiger partial charge in [-0.3, -0.25) is 9.69 Å². The van der Waals surface area contributed by atoms with Crippen LogP contribution in [0.3, 0.4) is 0 Å². The monoisotopic (exact) mass is 379 g/mol. The third-order valence-corrected chi connectivity index (χ3v) is 5.90. The summed E-state index contributed by atoms with van der Waals surface area (Å²) >= 11 is 2.98. The molecule has 1 aliphatic rings. The number of aromatic nitrogens is 1. The number of para-hydroxylation sites is 1. The van der Waals surface area contributed by atoms with Gasteiger partial charge in [-0.2, -0.15) is 4.99 Å². The van der Waals surface area contributed by atoms with Crippen molar-refractivity contribution >= 4 is 45.0 Å². The molecule has 1 amide bonds. The first kappa shape index (κ1) is 17.0. The number of amides is 1. The lowest BCUT2D eigenvalue weighted by atomic mass is 10.1. The van der Waals surface area contributed by atoms with Crippen molar-refractivity contribution in [3.63, 3.8) is 0 Å². The maximum atomic E-state index is 13.1. The fraction of sp³-hybridized carbons (Fsp3) is 0.150. The molecule has 26 heavy (non-hydrogen) atoms. The molecule has 1 fully saturated rings. The number of hydrogen-bond donors (Lipinski definition) is 0. The fourth-order valence-corrected chi connectivity index (χ4v) is 4.52. The van der Waals surface area contributed by atoms with Crippen LogP contribution in [0.4, 0.5) is 10.8 Å². The van der Waals surface area contributed by atoms with Crippen molar-refractivity contribution < 1.29 is 4.79 Å². The van der Waals surface area contributed by atoms with Crippen molar-refractivity contribution in [3.8, 4) is 0 Å². The number of thioether (sulfide) groups is 1. The summed E-state index contributed by atoms with van der Waals surface area (Å²) in [6, 6.07) is 18.0. The summed E-state index contributed by atoms with van der Waals surface area (Å²) in [7, 11) is 0. The van der Waals surface area contributed by atoms with Crippen LogP contribution < -0.4 is 4.90 Å². The molecule has 0 radical (unpaired) electrons. The number of aliphatic imine (C=N–C) groups is 1. The first-order valence-electron chi connectivity index (χ1n) is 8.30. The Morgan fingerprint density at radius 2 is 1.88 bits per heavy atom. The first-order valence-corrected chi connectivity index (χ1v) is 10.1. The smallest absolute Gasteiger partial charge is 0.247 e. The van der Waals surface area contributed by atoms with Gasteiger partial charge in [0.2, 0.25) is 11.0 Å². The number of benzene rings is 2. The second-order valence-corrected chi connectivity index (χ2v) is 8.06. The van der Waals surface area contributed by atoms with Crippen LogP contribution in [-0.2, 0) is 11.2 Å². The third kappa shape index (κ3) is 3.57. The minimum absolute atomic E-state index is 0.0667. The Balaban J connectivity index is 1.66. The highest BCUT2D eigenvalue weighted by Gasteiger charge is 2.39. The molecule has 1 aromatic heterocycles. The number of thiazole rings is 1. The van der Waals surface area contributed by atoms with Gasteiger partial charge in [-0.1, -0.05) is 59.8 Å². The van der Waals surface area contributed by atoms with E-state index in [-0.39, 0.29) is 11.2 Å². The van der Waals surface area contributed by atoms with E-state index in [1.165, 1.54) is 28.7 Å². The zero-order chi connectivity index (χ0) is 17.9. The van der Waals surface area contributed by atoms with Crippen molar-refractivity contribution in [2.24, 2.45) is 4.99 Å². The van der Waals surface area contributed by atoms with E-state index >= 15 is 0 Å². The summed E-state index contributed by atoms with van der Waals surface area (Å²) in [6.07, 6.45) is 2.41. The Hall–Kier alpha value is -2.44. The molecule has 0 spiro atoms. The van der Waals surface area contributed by atoms with E-state index in [1.54, 1.807) is 11.1 Å². The normalized spacial score (nSPS) is 18.7. The van der Waals surface area contributed by atoms with E-state index in [0.717, 1.165) is 11.3 Å². The highest BCUT2D eigenvalue weighted by Crippen LogP contribution is 2.35. The lowest BCUT2D eigenvalue weighted by Crippen LogP contribution is -2.32. The minimum atomic E-state index is -0.184. The lowest BCUT2D eigenvalue weighted by Gasteiger charge is -2.16. The summed E-state index contributed by atoms with van der Waals surface area (Å²) in [5, 5.41) is 3.05. The molecule has 0 N–H and O–H groups in total. The van der Waals surface area contributed by atoms with Gasteiger partial charge in [-0.15, -0.1) is 11.3 Å². The van der Waals surface area contributed by atoms with Crippen LogP contribution in [0.5, 0.6) is 0 Å². The number of nitrogens with zero attached hydrogens (tertiary/aromatic N) is 3. The molecule has 0 aliphatic carbocycles. The molecular weight excluding hydrogens is 362 g/mol.